The minimum Gasteiger partial charge on any atom is -0.354 e. The Bertz CT molecular complexity index is 921. The molecule has 0 bridgehead atoms. The van der Waals surface area contributed by atoms with Crippen LogP contribution in [0.5, 0.6) is 0 Å². The third-order valence-electron chi connectivity index (χ3n) is 4.47. The quantitative estimate of drug-likeness (QED) is 0.754. The predicted molar refractivity (Wildman–Crippen MR) is 94.0 cm³/mol. The van der Waals surface area contributed by atoms with Crippen molar-refractivity contribution in [3.63, 3.8) is 0 Å². The summed E-state index contributed by atoms with van der Waals surface area (Å²) in [7, 11) is 1.86. The first-order chi connectivity index (χ1) is 12.1. The number of nitrogens with zero attached hydrogens (tertiary/aromatic N) is 6. The molecular formula is C17H19N7O. The molecule has 1 unspecified atom stereocenters. The van der Waals surface area contributed by atoms with Crippen molar-refractivity contribution >= 4 is 22.8 Å². The normalized spacial score (nSPS) is 18.2. The number of carbonyl (C=O) groups excluding carboxylic acids is 1. The monoisotopic (exact) mass is 337 g/mol. The Hall–Kier alpha value is -3.03. The number of aryl methyl sites for hydroxylation is 1. The van der Waals surface area contributed by atoms with Crippen molar-refractivity contribution in [3.05, 3.63) is 30.7 Å². The van der Waals surface area contributed by atoms with E-state index < -0.39 is 0 Å². The molecule has 1 N–H and O–H groups in total. The molecule has 1 aliphatic heterocycles. The van der Waals surface area contributed by atoms with Crippen LogP contribution in [0.3, 0.4) is 0 Å². The number of pyridine rings is 1. The van der Waals surface area contributed by atoms with Gasteiger partial charge in [-0.05, 0) is 19.1 Å². The van der Waals surface area contributed by atoms with E-state index in [-0.39, 0.29) is 11.9 Å². The lowest BCUT2D eigenvalue weighted by Gasteiger charge is -2.28. The van der Waals surface area contributed by atoms with Crippen LogP contribution in [0.2, 0.25) is 0 Å². The van der Waals surface area contributed by atoms with Gasteiger partial charge in [-0.3, -0.25) is 14.5 Å². The number of anilines is 1. The van der Waals surface area contributed by atoms with Gasteiger partial charge < -0.3 is 10.2 Å². The number of hydrogen-bond donors (Lipinski definition) is 1. The standard InChI is InChI=1S/C17H19N7O/c1-11-8-19-14(25)5-7-24(11)17-13-10-20-23(2)16(13)21-15(22-17)12-4-3-6-18-9-12/h3-4,6,9-11H,5,7-8H2,1-2H3,(H,19,25). The average Bonchev–Trinajstić information content (AvgIpc) is 2.92. The van der Waals surface area contributed by atoms with Crippen molar-refractivity contribution in [2.45, 2.75) is 19.4 Å². The fourth-order valence-electron chi connectivity index (χ4n) is 3.07. The SMILES string of the molecule is CC1CNC(=O)CCN1c1nc(-c2cccnc2)nc2c1cnn2C. The molecule has 0 saturated carbocycles. The van der Waals surface area contributed by atoms with Crippen LogP contribution in [0, 0.1) is 0 Å². The van der Waals surface area contributed by atoms with Gasteiger partial charge in [0.1, 0.15) is 5.82 Å². The van der Waals surface area contributed by atoms with E-state index in [1.807, 2.05) is 19.2 Å². The Morgan fingerprint density at radius 1 is 1.28 bits per heavy atom. The summed E-state index contributed by atoms with van der Waals surface area (Å²) in [6.07, 6.45) is 5.70. The minimum atomic E-state index is 0.0679. The number of amides is 1. The van der Waals surface area contributed by atoms with E-state index in [4.69, 9.17) is 4.98 Å². The van der Waals surface area contributed by atoms with Crippen molar-refractivity contribution in [1.82, 2.24) is 30.0 Å². The van der Waals surface area contributed by atoms with Crippen LogP contribution in [0.15, 0.2) is 30.7 Å². The molecule has 1 aliphatic rings. The third kappa shape index (κ3) is 2.79. The summed E-state index contributed by atoms with van der Waals surface area (Å²) in [5.74, 6) is 1.48. The van der Waals surface area contributed by atoms with Crippen LogP contribution >= 0.6 is 0 Å². The van der Waals surface area contributed by atoms with Crippen molar-refractivity contribution in [2.75, 3.05) is 18.0 Å². The molecule has 8 nitrogen and oxygen atoms in total. The molecule has 3 aromatic rings. The lowest BCUT2D eigenvalue weighted by Crippen LogP contribution is -2.38. The maximum atomic E-state index is 11.8. The predicted octanol–water partition coefficient (Wildman–Crippen LogP) is 1.14. The second kappa shape index (κ2) is 6.12. The smallest absolute Gasteiger partial charge is 0.221 e. The summed E-state index contributed by atoms with van der Waals surface area (Å²) < 4.78 is 1.74. The molecule has 1 fully saturated rings. The zero-order valence-electron chi connectivity index (χ0n) is 14.2. The molecule has 1 saturated heterocycles. The van der Waals surface area contributed by atoms with Crippen molar-refractivity contribution in [3.8, 4) is 11.4 Å². The molecular weight excluding hydrogens is 318 g/mol. The molecule has 128 valence electrons. The van der Waals surface area contributed by atoms with Crippen LogP contribution in [-0.4, -0.2) is 49.8 Å². The number of nitrogens with one attached hydrogen (secondary N) is 1. The topological polar surface area (TPSA) is 88.8 Å². The molecule has 8 heteroatoms. The van der Waals surface area contributed by atoms with Gasteiger partial charge in [-0.2, -0.15) is 5.10 Å². The number of carbonyl (C=O) groups is 1. The van der Waals surface area contributed by atoms with Gasteiger partial charge in [-0.25, -0.2) is 9.97 Å². The van der Waals surface area contributed by atoms with Crippen LogP contribution in [-0.2, 0) is 11.8 Å². The number of aromatic nitrogens is 5. The Morgan fingerprint density at radius 2 is 2.16 bits per heavy atom. The largest absolute Gasteiger partial charge is 0.354 e. The number of fused-ring (bicyclic) bond motifs is 1. The van der Waals surface area contributed by atoms with Crippen molar-refractivity contribution in [2.24, 2.45) is 7.05 Å². The first kappa shape index (κ1) is 15.5. The van der Waals surface area contributed by atoms with Gasteiger partial charge in [0.05, 0.1) is 11.6 Å². The molecule has 4 heterocycles. The summed E-state index contributed by atoms with van der Waals surface area (Å²) in [5.41, 5.74) is 1.61. The Morgan fingerprint density at radius 3 is 2.96 bits per heavy atom. The summed E-state index contributed by atoms with van der Waals surface area (Å²) in [6.45, 7) is 3.28. The van der Waals surface area contributed by atoms with Gasteiger partial charge in [-0.15, -0.1) is 0 Å². The van der Waals surface area contributed by atoms with Gasteiger partial charge in [0, 0.05) is 50.6 Å². The molecule has 3 aromatic heterocycles. The molecule has 1 atom stereocenters. The van der Waals surface area contributed by atoms with E-state index in [1.165, 1.54) is 0 Å². The lowest BCUT2D eigenvalue weighted by atomic mass is 10.2. The van der Waals surface area contributed by atoms with Gasteiger partial charge in [0.2, 0.25) is 5.91 Å². The second-order valence-corrected chi connectivity index (χ2v) is 6.21. The zero-order chi connectivity index (χ0) is 17.4. The highest BCUT2D eigenvalue weighted by molar-refractivity contribution is 5.89. The summed E-state index contributed by atoms with van der Waals surface area (Å²) in [6, 6.07) is 3.93. The molecule has 4 rings (SSSR count). The molecule has 25 heavy (non-hydrogen) atoms. The van der Waals surface area contributed by atoms with E-state index in [2.05, 4.69) is 32.2 Å². The molecule has 0 aromatic carbocycles. The van der Waals surface area contributed by atoms with E-state index >= 15 is 0 Å². The zero-order valence-corrected chi connectivity index (χ0v) is 14.2. The maximum Gasteiger partial charge on any atom is 0.221 e. The summed E-state index contributed by atoms with van der Waals surface area (Å²) in [4.78, 5) is 27.6. The highest BCUT2D eigenvalue weighted by Gasteiger charge is 2.25. The van der Waals surface area contributed by atoms with E-state index in [9.17, 15) is 4.79 Å². The van der Waals surface area contributed by atoms with Crippen molar-refractivity contribution in [1.29, 1.82) is 0 Å². The van der Waals surface area contributed by atoms with Crippen molar-refractivity contribution < 1.29 is 4.79 Å². The maximum absolute atomic E-state index is 11.8. The highest BCUT2D eigenvalue weighted by Crippen LogP contribution is 2.28. The van der Waals surface area contributed by atoms with Gasteiger partial charge in [0.25, 0.3) is 0 Å². The van der Waals surface area contributed by atoms with Crippen LogP contribution in [0.25, 0.3) is 22.4 Å². The van der Waals surface area contributed by atoms with Crippen LogP contribution in [0.1, 0.15) is 13.3 Å². The number of hydrogen-bond acceptors (Lipinski definition) is 6. The van der Waals surface area contributed by atoms with Gasteiger partial charge in [0.15, 0.2) is 11.5 Å². The van der Waals surface area contributed by atoms with Gasteiger partial charge >= 0.3 is 0 Å². The Balaban J connectivity index is 1.88. The molecule has 1 amide bonds. The van der Waals surface area contributed by atoms with Crippen LogP contribution < -0.4 is 10.2 Å². The fraction of sp³-hybridized carbons (Fsp3) is 0.353. The lowest BCUT2D eigenvalue weighted by molar-refractivity contribution is -0.120. The number of rotatable bonds is 2. The summed E-state index contributed by atoms with van der Waals surface area (Å²) in [5, 5.41) is 8.16. The highest BCUT2D eigenvalue weighted by atomic mass is 16.1. The second-order valence-electron chi connectivity index (χ2n) is 6.21. The fourth-order valence-corrected chi connectivity index (χ4v) is 3.07. The Kier molecular flexibility index (Phi) is 3.79. The van der Waals surface area contributed by atoms with E-state index in [0.29, 0.717) is 25.3 Å². The molecule has 0 aliphatic carbocycles. The van der Waals surface area contributed by atoms with E-state index in [0.717, 1.165) is 22.4 Å². The minimum absolute atomic E-state index is 0.0679. The first-order valence-corrected chi connectivity index (χ1v) is 8.27. The Labute approximate surface area is 144 Å². The third-order valence-corrected chi connectivity index (χ3v) is 4.47. The van der Waals surface area contributed by atoms with Crippen LogP contribution in [0.4, 0.5) is 5.82 Å². The van der Waals surface area contributed by atoms with Gasteiger partial charge in [-0.1, -0.05) is 0 Å². The summed E-state index contributed by atoms with van der Waals surface area (Å²) >= 11 is 0. The van der Waals surface area contributed by atoms with E-state index in [1.54, 1.807) is 23.3 Å². The average molecular weight is 337 g/mol. The molecule has 0 spiro atoms. The molecule has 0 radical (unpaired) electrons. The first-order valence-electron chi connectivity index (χ1n) is 8.27.